The van der Waals surface area contributed by atoms with Gasteiger partial charge < -0.3 is 10.2 Å². The zero-order valence-electron chi connectivity index (χ0n) is 10.7. The number of hydrogen-bond donors (Lipinski definition) is 1. The Hall–Kier alpha value is -1.06. The number of rotatable bonds is 4. The van der Waals surface area contributed by atoms with Crippen molar-refractivity contribution >= 4 is 11.8 Å². The molecular formula is C12H22N2O2. The molecule has 2 amide bonds. The van der Waals surface area contributed by atoms with E-state index in [1.807, 2.05) is 6.92 Å². The molecule has 0 spiro atoms. The van der Waals surface area contributed by atoms with Crippen molar-refractivity contribution in [2.75, 3.05) is 6.54 Å². The van der Waals surface area contributed by atoms with E-state index in [-0.39, 0.29) is 17.9 Å². The first-order valence-corrected chi connectivity index (χ1v) is 6.09. The van der Waals surface area contributed by atoms with Gasteiger partial charge in [-0.3, -0.25) is 9.59 Å². The van der Waals surface area contributed by atoms with E-state index in [4.69, 9.17) is 0 Å². The predicted octanol–water partition coefficient (Wildman–Crippen LogP) is 1.30. The summed E-state index contributed by atoms with van der Waals surface area (Å²) in [7, 11) is 0. The van der Waals surface area contributed by atoms with E-state index in [1.54, 1.807) is 18.7 Å². The summed E-state index contributed by atoms with van der Waals surface area (Å²) in [5.74, 6) is 0.00982. The highest BCUT2D eigenvalue weighted by molar-refractivity contribution is 5.99. The van der Waals surface area contributed by atoms with Crippen LogP contribution in [-0.2, 0) is 9.59 Å². The first kappa shape index (κ1) is 13.0. The third-order valence-corrected chi connectivity index (χ3v) is 3.44. The smallest absolute Gasteiger partial charge is 0.248 e. The number of carbonyl (C=O) groups is 2. The lowest BCUT2D eigenvalue weighted by molar-refractivity contribution is -0.153. The number of nitrogens with zero attached hydrogens (tertiary/aromatic N) is 1. The lowest BCUT2D eigenvalue weighted by atomic mass is 9.92. The summed E-state index contributed by atoms with van der Waals surface area (Å²) in [6.45, 7) is 8.28. The van der Waals surface area contributed by atoms with Crippen molar-refractivity contribution in [3.8, 4) is 0 Å². The van der Waals surface area contributed by atoms with E-state index >= 15 is 0 Å². The largest absolute Gasteiger partial charge is 0.340 e. The van der Waals surface area contributed by atoms with Crippen molar-refractivity contribution < 1.29 is 9.59 Å². The lowest BCUT2D eigenvalue weighted by Crippen LogP contribution is -2.68. The third kappa shape index (κ3) is 2.20. The highest BCUT2D eigenvalue weighted by Crippen LogP contribution is 2.21. The summed E-state index contributed by atoms with van der Waals surface area (Å²) >= 11 is 0. The van der Waals surface area contributed by atoms with Crippen LogP contribution in [0.4, 0.5) is 0 Å². The molecule has 1 N–H and O–H groups in total. The maximum absolute atomic E-state index is 12.3. The predicted molar refractivity (Wildman–Crippen MR) is 62.9 cm³/mol. The van der Waals surface area contributed by atoms with Gasteiger partial charge in [0.15, 0.2) is 0 Å². The summed E-state index contributed by atoms with van der Waals surface area (Å²) in [5.41, 5.74) is -0.711. The van der Waals surface area contributed by atoms with Gasteiger partial charge in [0.1, 0.15) is 11.6 Å². The molecule has 1 fully saturated rings. The highest BCUT2D eigenvalue weighted by atomic mass is 16.2. The second-order valence-corrected chi connectivity index (χ2v) is 4.70. The summed E-state index contributed by atoms with van der Waals surface area (Å²) < 4.78 is 0. The van der Waals surface area contributed by atoms with Gasteiger partial charge >= 0.3 is 0 Å². The van der Waals surface area contributed by atoms with Crippen molar-refractivity contribution in [3.63, 3.8) is 0 Å². The van der Waals surface area contributed by atoms with Gasteiger partial charge in [0, 0.05) is 6.54 Å². The summed E-state index contributed by atoms with van der Waals surface area (Å²) in [6, 6.07) is -0.335. The molecule has 2 atom stereocenters. The molecule has 1 rings (SSSR count). The van der Waals surface area contributed by atoms with Crippen LogP contribution in [-0.4, -0.2) is 34.8 Å². The molecule has 1 heterocycles. The minimum atomic E-state index is -0.711. The molecule has 0 aromatic carbocycles. The zero-order valence-corrected chi connectivity index (χ0v) is 10.7. The SMILES string of the molecule is CCCCN1C(=O)C(C)(CC)NC(=O)C1C. The molecule has 4 nitrogen and oxygen atoms in total. The number of amides is 2. The van der Waals surface area contributed by atoms with Gasteiger partial charge in [-0.25, -0.2) is 0 Å². The Labute approximate surface area is 97.4 Å². The molecule has 4 heteroatoms. The van der Waals surface area contributed by atoms with Gasteiger partial charge in [-0.05, 0) is 26.7 Å². The Morgan fingerprint density at radius 1 is 1.38 bits per heavy atom. The van der Waals surface area contributed by atoms with Crippen LogP contribution in [0.15, 0.2) is 0 Å². The topological polar surface area (TPSA) is 49.4 Å². The van der Waals surface area contributed by atoms with Crippen LogP contribution in [0.5, 0.6) is 0 Å². The average molecular weight is 226 g/mol. The Morgan fingerprint density at radius 3 is 2.50 bits per heavy atom. The van der Waals surface area contributed by atoms with Gasteiger partial charge in [-0.15, -0.1) is 0 Å². The fraction of sp³-hybridized carbons (Fsp3) is 0.833. The zero-order chi connectivity index (χ0) is 12.3. The van der Waals surface area contributed by atoms with Gasteiger partial charge in [0.25, 0.3) is 0 Å². The fourth-order valence-electron chi connectivity index (χ4n) is 1.93. The first-order chi connectivity index (χ1) is 7.46. The quantitative estimate of drug-likeness (QED) is 0.785. The van der Waals surface area contributed by atoms with Gasteiger partial charge in [-0.1, -0.05) is 20.3 Å². The molecule has 0 bridgehead atoms. The maximum atomic E-state index is 12.3. The molecule has 2 unspecified atom stereocenters. The van der Waals surface area contributed by atoms with Crippen LogP contribution in [0.3, 0.4) is 0 Å². The summed E-state index contributed by atoms with van der Waals surface area (Å²) in [4.78, 5) is 25.7. The number of carbonyl (C=O) groups excluding carboxylic acids is 2. The van der Waals surface area contributed by atoms with Crippen molar-refractivity contribution in [2.45, 2.75) is 58.5 Å². The van der Waals surface area contributed by atoms with Crippen LogP contribution >= 0.6 is 0 Å². The number of piperazine rings is 1. The molecule has 0 saturated carbocycles. The van der Waals surface area contributed by atoms with Gasteiger partial charge in [0.05, 0.1) is 0 Å². The van der Waals surface area contributed by atoms with E-state index in [1.165, 1.54) is 0 Å². The second-order valence-electron chi connectivity index (χ2n) is 4.70. The molecule has 0 aromatic heterocycles. The molecule has 16 heavy (non-hydrogen) atoms. The molecule has 0 aliphatic carbocycles. The van der Waals surface area contributed by atoms with E-state index in [0.717, 1.165) is 12.8 Å². The molecule has 0 aromatic rings. The van der Waals surface area contributed by atoms with Crippen LogP contribution in [0.25, 0.3) is 0 Å². The third-order valence-electron chi connectivity index (χ3n) is 3.44. The molecular weight excluding hydrogens is 204 g/mol. The van der Waals surface area contributed by atoms with E-state index in [2.05, 4.69) is 12.2 Å². The standard InChI is InChI=1S/C12H22N2O2/c1-5-7-8-14-9(3)10(15)13-12(4,6-2)11(14)16/h9H,5-8H2,1-4H3,(H,13,15). The van der Waals surface area contributed by atoms with Crippen molar-refractivity contribution in [3.05, 3.63) is 0 Å². The second kappa shape index (κ2) is 4.85. The Kier molecular flexibility index (Phi) is 3.94. The van der Waals surface area contributed by atoms with Crippen LogP contribution in [0.1, 0.15) is 47.0 Å². The molecule has 1 aliphatic heterocycles. The van der Waals surface area contributed by atoms with Crippen molar-refractivity contribution in [1.29, 1.82) is 0 Å². The lowest BCUT2D eigenvalue weighted by Gasteiger charge is -2.43. The van der Waals surface area contributed by atoms with Crippen molar-refractivity contribution in [1.82, 2.24) is 10.2 Å². The molecule has 1 saturated heterocycles. The first-order valence-electron chi connectivity index (χ1n) is 6.09. The van der Waals surface area contributed by atoms with E-state index < -0.39 is 5.54 Å². The Bertz CT molecular complexity index is 291. The summed E-state index contributed by atoms with van der Waals surface area (Å²) in [6.07, 6.45) is 2.61. The average Bonchev–Trinajstić information content (AvgIpc) is 2.27. The molecule has 0 radical (unpaired) electrons. The van der Waals surface area contributed by atoms with E-state index in [9.17, 15) is 9.59 Å². The fourth-order valence-corrected chi connectivity index (χ4v) is 1.93. The number of unbranched alkanes of at least 4 members (excludes halogenated alkanes) is 1. The molecule has 1 aliphatic rings. The van der Waals surface area contributed by atoms with Crippen LogP contribution in [0, 0.1) is 0 Å². The normalized spacial score (nSPS) is 30.5. The number of hydrogen-bond acceptors (Lipinski definition) is 2. The monoisotopic (exact) mass is 226 g/mol. The maximum Gasteiger partial charge on any atom is 0.248 e. The van der Waals surface area contributed by atoms with Gasteiger partial charge in [0.2, 0.25) is 11.8 Å². The minimum absolute atomic E-state index is 0.0416. The van der Waals surface area contributed by atoms with Crippen molar-refractivity contribution in [2.24, 2.45) is 0 Å². The Morgan fingerprint density at radius 2 is 2.00 bits per heavy atom. The highest BCUT2D eigenvalue weighted by Gasteiger charge is 2.44. The minimum Gasteiger partial charge on any atom is -0.340 e. The van der Waals surface area contributed by atoms with Crippen LogP contribution in [0.2, 0.25) is 0 Å². The summed E-state index contributed by atoms with van der Waals surface area (Å²) in [5, 5.41) is 2.82. The molecule has 92 valence electrons. The van der Waals surface area contributed by atoms with Crippen LogP contribution < -0.4 is 5.32 Å². The number of nitrogens with one attached hydrogen (secondary N) is 1. The Balaban J connectivity index is 2.86. The van der Waals surface area contributed by atoms with E-state index in [0.29, 0.717) is 13.0 Å². The van der Waals surface area contributed by atoms with Gasteiger partial charge in [-0.2, -0.15) is 0 Å².